The predicted octanol–water partition coefficient (Wildman–Crippen LogP) is 0.938. The maximum atomic E-state index is 11.2. The Kier molecular flexibility index (Phi) is 3.33. The van der Waals surface area contributed by atoms with E-state index in [4.69, 9.17) is 9.84 Å². The van der Waals surface area contributed by atoms with Crippen molar-refractivity contribution in [3.63, 3.8) is 0 Å². The number of hydrogen-bond acceptors (Lipinski definition) is 3. The lowest BCUT2D eigenvalue weighted by molar-refractivity contribution is -0.137. The molecule has 0 bridgehead atoms. The Morgan fingerprint density at radius 2 is 2.36 bits per heavy atom. The van der Waals surface area contributed by atoms with Gasteiger partial charge in [0.1, 0.15) is 6.61 Å². The van der Waals surface area contributed by atoms with Gasteiger partial charge in [0.05, 0.1) is 12.5 Å². The monoisotopic (exact) mass is 201 g/mol. The van der Waals surface area contributed by atoms with Crippen molar-refractivity contribution in [3.05, 3.63) is 0 Å². The number of rotatable bonds is 4. The van der Waals surface area contributed by atoms with Gasteiger partial charge in [0.15, 0.2) is 0 Å². The molecule has 1 unspecified atom stereocenters. The number of cyclic esters (lactones) is 1. The number of nitrogens with zero attached hydrogens (tertiary/aromatic N) is 1. The second kappa shape index (κ2) is 4.30. The molecule has 0 saturated carbocycles. The zero-order valence-corrected chi connectivity index (χ0v) is 8.40. The van der Waals surface area contributed by atoms with Gasteiger partial charge in [-0.25, -0.2) is 4.79 Å². The highest BCUT2D eigenvalue weighted by molar-refractivity contribution is 5.72. The standard InChI is InChI=1S/C9H15NO4/c1-6(2)7-5-14-9(13)10(7)4-3-8(11)12/h6-7H,3-5H2,1-2H3,(H,11,12). The van der Waals surface area contributed by atoms with Crippen molar-refractivity contribution in [2.24, 2.45) is 5.92 Å². The molecule has 1 aliphatic rings. The number of carboxylic acids is 1. The zero-order chi connectivity index (χ0) is 10.7. The normalized spacial score (nSPS) is 21.5. The molecule has 80 valence electrons. The van der Waals surface area contributed by atoms with Gasteiger partial charge >= 0.3 is 12.1 Å². The van der Waals surface area contributed by atoms with Crippen LogP contribution in [0.3, 0.4) is 0 Å². The molecule has 5 heteroatoms. The van der Waals surface area contributed by atoms with Crippen LogP contribution in [-0.2, 0) is 9.53 Å². The van der Waals surface area contributed by atoms with E-state index in [0.29, 0.717) is 6.61 Å². The minimum atomic E-state index is -0.896. The van der Waals surface area contributed by atoms with Crippen LogP contribution in [0.5, 0.6) is 0 Å². The molecular weight excluding hydrogens is 186 g/mol. The molecule has 1 fully saturated rings. The third-order valence-corrected chi connectivity index (χ3v) is 2.35. The van der Waals surface area contributed by atoms with E-state index < -0.39 is 12.1 Å². The molecule has 0 radical (unpaired) electrons. The summed E-state index contributed by atoms with van der Waals surface area (Å²) in [4.78, 5) is 23.1. The average molecular weight is 201 g/mol. The lowest BCUT2D eigenvalue weighted by Gasteiger charge is -2.23. The number of carboxylic acid groups (broad SMARTS) is 1. The van der Waals surface area contributed by atoms with Gasteiger partial charge in [-0.1, -0.05) is 13.8 Å². The molecule has 1 N–H and O–H groups in total. The van der Waals surface area contributed by atoms with Crippen LogP contribution < -0.4 is 0 Å². The van der Waals surface area contributed by atoms with Gasteiger partial charge in [-0.2, -0.15) is 0 Å². The summed E-state index contributed by atoms with van der Waals surface area (Å²) < 4.78 is 4.87. The zero-order valence-electron chi connectivity index (χ0n) is 8.40. The second-order valence-electron chi connectivity index (χ2n) is 3.73. The number of carbonyl (C=O) groups is 2. The van der Waals surface area contributed by atoms with Gasteiger partial charge < -0.3 is 14.7 Å². The van der Waals surface area contributed by atoms with E-state index in [1.807, 2.05) is 13.8 Å². The summed E-state index contributed by atoms with van der Waals surface area (Å²) in [5.74, 6) is -0.609. The summed E-state index contributed by atoms with van der Waals surface area (Å²) >= 11 is 0. The van der Waals surface area contributed by atoms with Gasteiger partial charge in [0.2, 0.25) is 0 Å². The lowest BCUT2D eigenvalue weighted by atomic mass is 10.0. The van der Waals surface area contributed by atoms with Crippen LogP contribution in [0.15, 0.2) is 0 Å². The smallest absolute Gasteiger partial charge is 0.410 e. The summed E-state index contributed by atoms with van der Waals surface area (Å²) in [6.45, 7) is 4.58. The number of ether oxygens (including phenoxy) is 1. The van der Waals surface area contributed by atoms with E-state index in [1.54, 1.807) is 0 Å². The maximum Gasteiger partial charge on any atom is 0.410 e. The maximum absolute atomic E-state index is 11.2. The summed E-state index contributed by atoms with van der Waals surface area (Å²) in [6, 6.07) is 0.0156. The topological polar surface area (TPSA) is 66.8 Å². The molecule has 0 aromatic heterocycles. The summed E-state index contributed by atoms with van der Waals surface area (Å²) in [6.07, 6.45) is -0.428. The third kappa shape index (κ3) is 2.37. The summed E-state index contributed by atoms with van der Waals surface area (Å²) in [7, 11) is 0. The fraction of sp³-hybridized carbons (Fsp3) is 0.778. The molecule has 0 aliphatic carbocycles. The van der Waals surface area contributed by atoms with Gasteiger partial charge in [-0.3, -0.25) is 4.79 Å². The van der Waals surface area contributed by atoms with Crippen LogP contribution in [0.2, 0.25) is 0 Å². The minimum absolute atomic E-state index is 0.0156. The van der Waals surface area contributed by atoms with Crippen LogP contribution in [0.25, 0.3) is 0 Å². The van der Waals surface area contributed by atoms with Gasteiger partial charge in [-0.15, -0.1) is 0 Å². The third-order valence-electron chi connectivity index (χ3n) is 2.35. The molecule has 14 heavy (non-hydrogen) atoms. The lowest BCUT2D eigenvalue weighted by Crippen LogP contribution is -2.38. The van der Waals surface area contributed by atoms with Crippen molar-refractivity contribution in [1.29, 1.82) is 0 Å². The largest absolute Gasteiger partial charge is 0.481 e. The Hall–Kier alpha value is -1.26. The Bertz CT molecular complexity index is 239. The Morgan fingerprint density at radius 1 is 1.71 bits per heavy atom. The first kappa shape index (κ1) is 10.8. The molecule has 1 heterocycles. The van der Waals surface area contributed by atoms with E-state index >= 15 is 0 Å². The first-order chi connectivity index (χ1) is 6.52. The molecular formula is C9H15NO4. The Morgan fingerprint density at radius 3 is 2.86 bits per heavy atom. The summed E-state index contributed by atoms with van der Waals surface area (Å²) in [5.41, 5.74) is 0. The van der Waals surface area contributed by atoms with Crippen molar-refractivity contribution >= 4 is 12.1 Å². The van der Waals surface area contributed by atoms with Gasteiger partial charge in [-0.05, 0) is 5.92 Å². The van der Waals surface area contributed by atoms with Gasteiger partial charge in [0.25, 0.3) is 0 Å². The predicted molar refractivity (Wildman–Crippen MR) is 48.9 cm³/mol. The fourth-order valence-corrected chi connectivity index (χ4v) is 1.49. The van der Waals surface area contributed by atoms with Crippen LogP contribution >= 0.6 is 0 Å². The van der Waals surface area contributed by atoms with E-state index in [2.05, 4.69) is 0 Å². The number of hydrogen-bond donors (Lipinski definition) is 1. The fourth-order valence-electron chi connectivity index (χ4n) is 1.49. The van der Waals surface area contributed by atoms with E-state index in [9.17, 15) is 9.59 Å². The highest BCUT2D eigenvalue weighted by atomic mass is 16.6. The van der Waals surface area contributed by atoms with Crippen LogP contribution in [0, 0.1) is 5.92 Å². The number of aliphatic carboxylic acids is 1. The number of carbonyl (C=O) groups excluding carboxylic acids is 1. The van der Waals surface area contributed by atoms with Gasteiger partial charge in [0, 0.05) is 6.54 Å². The molecule has 5 nitrogen and oxygen atoms in total. The quantitative estimate of drug-likeness (QED) is 0.735. The highest BCUT2D eigenvalue weighted by Gasteiger charge is 2.34. The molecule has 0 aromatic rings. The molecule has 1 amide bonds. The molecule has 0 aromatic carbocycles. The average Bonchev–Trinajstić information content (AvgIpc) is 2.43. The number of amides is 1. The second-order valence-corrected chi connectivity index (χ2v) is 3.73. The first-order valence-electron chi connectivity index (χ1n) is 4.67. The van der Waals surface area contributed by atoms with E-state index in [1.165, 1.54) is 4.90 Å². The van der Waals surface area contributed by atoms with Crippen LogP contribution in [-0.4, -0.2) is 41.3 Å². The van der Waals surface area contributed by atoms with E-state index in [0.717, 1.165) is 0 Å². The molecule has 1 aliphatic heterocycles. The Labute approximate surface area is 82.6 Å². The minimum Gasteiger partial charge on any atom is -0.481 e. The molecule has 1 saturated heterocycles. The molecule has 1 rings (SSSR count). The van der Waals surface area contributed by atoms with Crippen molar-refractivity contribution in [3.8, 4) is 0 Å². The van der Waals surface area contributed by atoms with Crippen LogP contribution in [0.4, 0.5) is 4.79 Å². The van der Waals surface area contributed by atoms with E-state index in [-0.39, 0.29) is 24.9 Å². The highest BCUT2D eigenvalue weighted by Crippen LogP contribution is 2.19. The van der Waals surface area contributed by atoms with Crippen molar-refractivity contribution in [2.45, 2.75) is 26.3 Å². The Balaban J connectivity index is 2.53. The SMILES string of the molecule is CC(C)C1COC(=O)N1CCC(=O)O. The molecule has 0 spiro atoms. The first-order valence-corrected chi connectivity index (χ1v) is 4.67. The van der Waals surface area contributed by atoms with Crippen molar-refractivity contribution in [2.75, 3.05) is 13.2 Å². The van der Waals surface area contributed by atoms with Crippen molar-refractivity contribution < 1.29 is 19.4 Å². The van der Waals surface area contributed by atoms with Crippen LogP contribution in [0.1, 0.15) is 20.3 Å². The van der Waals surface area contributed by atoms with Crippen molar-refractivity contribution in [1.82, 2.24) is 4.90 Å². The molecule has 1 atom stereocenters. The summed E-state index contributed by atoms with van der Waals surface area (Å²) in [5, 5.41) is 8.51.